The fourth-order valence-electron chi connectivity index (χ4n) is 2.13. The molecule has 1 aliphatic rings. The third kappa shape index (κ3) is 2.67. The molecule has 1 N–H and O–H groups in total. The molecule has 0 unspecified atom stereocenters. The van der Waals surface area contributed by atoms with Crippen molar-refractivity contribution in [1.29, 1.82) is 0 Å². The summed E-state index contributed by atoms with van der Waals surface area (Å²) in [4.78, 5) is 24.4. The third-order valence-corrected chi connectivity index (χ3v) is 3.40. The molecule has 0 radical (unpaired) electrons. The largest absolute Gasteiger partial charge is 0.465 e. The van der Waals surface area contributed by atoms with Gasteiger partial charge < -0.3 is 9.84 Å². The lowest BCUT2D eigenvalue weighted by atomic mass is 9.99. The van der Waals surface area contributed by atoms with Gasteiger partial charge in [-0.15, -0.1) is 0 Å². The maximum absolute atomic E-state index is 12.5. The minimum atomic E-state index is -2.08. The summed E-state index contributed by atoms with van der Waals surface area (Å²) in [5.41, 5.74) is -1.16. The van der Waals surface area contributed by atoms with Crippen molar-refractivity contribution in [3.63, 3.8) is 0 Å². The van der Waals surface area contributed by atoms with Gasteiger partial charge in [-0.05, 0) is 18.1 Å². The molecule has 112 valence electrons. The van der Waals surface area contributed by atoms with Crippen molar-refractivity contribution in [3.05, 3.63) is 35.9 Å². The molecule has 1 amide bonds. The smallest absolute Gasteiger partial charge is 0.361 e. The number of benzene rings is 1. The summed E-state index contributed by atoms with van der Waals surface area (Å²) >= 11 is 0. The van der Waals surface area contributed by atoms with Crippen molar-refractivity contribution in [2.24, 2.45) is 11.0 Å². The second-order valence-electron chi connectivity index (χ2n) is 5.21. The van der Waals surface area contributed by atoms with Gasteiger partial charge >= 0.3 is 5.97 Å². The van der Waals surface area contributed by atoms with Crippen molar-refractivity contribution in [2.75, 3.05) is 7.11 Å². The molecule has 0 saturated carbocycles. The first-order chi connectivity index (χ1) is 9.90. The van der Waals surface area contributed by atoms with E-state index in [0.29, 0.717) is 11.3 Å². The summed E-state index contributed by atoms with van der Waals surface area (Å²) in [6, 6.07) is 8.38. The first-order valence-electron chi connectivity index (χ1n) is 6.68. The maximum Gasteiger partial charge on any atom is 0.361 e. The van der Waals surface area contributed by atoms with Crippen molar-refractivity contribution in [3.8, 4) is 0 Å². The molecule has 1 aromatic carbocycles. The van der Waals surface area contributed by atoms with Crippen LogP contribution >= 0.6 is 0 Å². The van der Waals surface area contributed by atoms with Crippen LogP contribution in [0.25, 0.3) is 0 Å². The molecular formula is C15H18N2O4. The van der Waals surface area contributed by atoms with Gasteiger partial charge in [-0.1, -0.05) is 32.0 Å². The van der Waals surface area contributed by atoms with E-state index in [2.05, 4.69) is 9.84 Å². The second-order valence-corrected chi connectivity index (χ2v) is 5.21. The van der Waals surface area contributed by atoms with Crippen molar-refractivity contribution in [2.45, 2.75) is 26.0 Å². The summed E-state index contributed by atoms with van der Waals surface area (Å²) in [5.74, 6) is -1.43. The highest BCUT2D eigenvalue weighted by Gasteiger charge is 2.52. The van der Waals surface area contributed by atoms with Gasteiger partial charge in [-0.2, -0.15) is 10.1 Å². The molecule has 0 fully saturated rings. The number of amides is 1. The monoisotopic (exact) mass is 290 g/mol. The molecule has 0 aliphatic carbocycles. The number of hydrazone groups is 1. The Labute approximate surface area is 123 Å². The zero-order valence-corrected chi connectivity index (χ0v) is 12.2. The highest BCUT2D eigenvalue weighted by atomic mass is 16.5. The number of nitrogens with zero attached hydrogens (tertiary/aromatic N) is 2. The molecule has 1 aliphatic heterocycles. The predicted molar refractivity (Wildman–Crippen MR) is 76.5 cm³/mol. The van der Waals surface area contributed by atoms with Crippen LogP contribution in [0.15, 0.2) is 35.4 Å². The first kappa shape index (κ1) is 15.2. The molecule has 1 heterocycles. The highest BCUT2D eigenvalue weighted by Crippen LogP contribution is 2.30. The SMILES string of the molecule is COC(=O)[C@]1(O)CC(C(C)C)=NN1C(=O)c1ccccc1. The molecule has 6 nitrogen and oxygen atoms in total. The second kappa shape index (κ2) is 5.65. The average Bonchev–Trinajstić information content (AvgIpc) is 2.86. The number of aliphatic hydroxyl groups is 1. The molecule has 1 aromatic rings. The summed E-state index contributed by atoms with van der Waals surface area (Å²) in [6.45, 7) is 3.76. The summed E-state index contributed by atoms with van der Waals surface area (Å²) in [7, 11) is 1.17. The first-order valence-corrected chi connectivity index (χ1v) is 6.68. The van der Waals surface area contributed by atoms with Gasteiger partial charge in [0.2, 0.25) is 0 Å². The van der Waals surface area contributed by atoms with E-state index in [1.165, 1.54) is 7.11 Å². The summed E-state index contributed by atoms with van der Waals surface area (Å²) in [5, 5.41) is 15.5. The number of hydrogen-bond acceptors (Lipinski definition) is 5. The predicted octanol–water partition coefficient (Wildman–Crippen LogP) is 1.41. The Morgan fingerprint density at radius 3 is 2.48 bits per heavy atom. The number of carbonyl (C=O) groups excluding carboxylic acids is 2. The van der Waals surface area contributed by atoms with Crippen molar-refractivity contribution >= 4 is 17.6 Å². The van der Waals surface area contributed by atoms with E-state index in [1.807, 2.05) is 13.8 Å². The summed E-state index contributed by atoms with van der Waals surface area (Å²) < 4.78 is 4.63. The number of methoxy groups -OCH3 is 1. The minimum Gasteiger partial charge on any atom is -0.465 e. The van der Waals surface area contributed by atoms with E-state index in [4.69, 9.17) is 0 Å². The molecule has 6 heteroatoms. The fourth-order valence-corrected chi connectivity index (χ4v) is 2.13. The highest BCUT2D eigenvalue weighted by molar-refractivity contribution is 6.03. The molecule has 0 saturated heterocycles. The van der Waals surface area contributed by atoms with E-state index in [0.717, 1.165) is 5.01 Å². The molecule has 0 bridgehead atoms. The van der Waals surface area contributed by atoms with Crippen LogP contribution in [0, 0.1) is 5.92 Å². The number of rotatable bonds is 3. The van der Waals surface area contributed by atoms with Gasteiger partial charge in [0.1, 0.15) is 0 Å². The third-order valence-electron chi connectivity index (χ3n) is 3.40. The molecule has 21 heavy (non-hydrogen) atoms. The Balaban J connectivity index is 2.41. The molecule has 1 atom stereocenters. The maximum atomic E-state index is 12.5. The van der Waals surface area contributed by atoms with Gasteiger partial charge in [0.25, 0.3) is 11.6 Å². The van der Waals surface area contributed by atoms with Crippen LogP contribution in [0.3, 0.4) is 0 Å². The van der Waals surface area contributed by atoms with E-state index in [9.17, 15) is 14.7 Å². The minimum absolute atomic E-state index is 0.00903. The number of hydrogen-bond donors (Lipinski definition) is 1. The average molecular weight is 290 g/mol. The van der Waals surface area contributed by atoms with Crippen LogP contribution in [-0.2, 0) is 9.53 Å². The van der Waals surface area contributed by atoms with Crippen LogP contribution in [0.1, 0.15) is 30.6 Å². The lowest BCUT2D eigenvalue weighted by Gasteiger charge is -2.28. The molecular weight excluding hydrogens is 272 g/mol. The van der Waals surface area contributed by atoms with Crippen LogP contribution in [0.4, 0.5) is 0 Å². The van der Waals surface area contributed by atoms with Crippen molar-refractivity contribution < 1.29 is 19.4 Å². The number of carbonyl (C=O) groups is 2. The fraction of sp³-hybridized carbons (Fsp3) is 0.400. The number of esters is 1. The van der Waals surface area contributed by atoms with Gasteiger partial charge in [0.05, 0.1) is 7.11 Å². The van der Waals surface area contributed by atoms with E-state index in [1.54, 1.807) is 30.3 Å². The molecule has 2 rings (SSSR count). The van der Waals surface area contributed by atoms with Gasteiger partial charge in [-0.25, -0.2) is 4.79 Å². The van der Waals surface area contributed by atoms with Crippen molar-refractivity contribution in [1.82, 2.24) is 5.01 Å². The van der Waals surface area contributed by atoms with Gasteiger partial charge in [-0.3, -0.25) is 4.79 Å². The Bertz CT molecular complexity index is 583. The lowest BCUT2D eigenvalue weighted by molar-refractivity contribution is -0.176. The van der Waals surface area contributed by atoms with E-state index >= 15 is 0 Å². The van der Waals surface area contributed by atoms with E-state index < -0.39 is 17.6 Å². The van der Waals surface area contributed by atoms with Crippen LogP contribution in [0.5, 0.6) is 0 Å². The normalized spacial score (nSPS) is 21.4. The standard InChI is InChI=1S/C15H18N2O4/c1-10(2)12-9-15(20,14(19)21-3)17(16-12)13(18)11-7-5-4-6-8-11/h4-8,10,20H,9H2,1-3H3/t15-/m1/s1. The van der Waals surface area contributed by atoms with Gasteiger partial charge in [0.15, 0.2) is 0 Å². The molecule has 0 aromatic heterocycles. The van der Waals surface area contributed by atoms with E-state index in [-0.39, 0.29) is 12.3 Å². The Hall–Kier alpha value is -2.21. The molecule has 0 spiro atoms. The lowest BCUT2D eigenvalue weighted by Crippen LogP contribution is -2.52. The Kier molecular flexibility index (Phi) is 4.09. The Morgan fingerprint density at radius 2 is 1.95 bits per heavy atom. The zero-order chi connectivity index (χ0) is 15.6. The topological polar surface area (TPSA) is 79.2 Å². The summed E-state index contributed by atoms with van der Waals surface area (Å²) in [6.07, 6.45) is -0.0457. The quantitative estimate of drug-likeness (QED) is 0.854. The van der Waals surface area contributed by atoms with Crippen LogP contribution in [0.2, 0.25) is 0 Å². The van der Waals surface area contributed by atoms with Crippen LogP contribution in [-0.4, -0.2) is 40.5 Å². The number of ether oxygens (including phenoxy) is 1. The van der Waals surface area contributed by atoms with Crippen LogP contribution < -0.4 is 0 Å². The zero-order valence-electron chi connectivity index (χ0n) is 12.2. The van der Waals surface area contributed by atoms with Gasteiger partial charge in [0, 0.05) is 17.7 Å². The Morgan fingerprint density at radius 1 is 1.33 bits per heavy atom.